The maximum absolute atomic E-state index is 13.3. The van der Waals surface area contributed by atoms with E-state index in [2.05, 4.69) is 9.97 Å². The van der Waals surface area contributed by atoms with Gasteiger partial charge in [0.1, 0.15) is 11.5 Å². The topological polar surface area (TPSA) is 71.8 Å². The number of benzene rings is 2. The zero-order chi connectivity index (χ0) is 14.8. The number of para-hydroxylation sites is 2. The van der Waals surface area contributed by atoms with Crippen LogP contribution in [-0.2, 0) is 5.75 Å². The summed E-state index contributed by atoms with van der Waals surface area (Å²) in [5.74, 6) is -0.0406. The lowest BCUT2D eigenvalue weighted by Crippen LogP contribution is -2.14. The molecule has 106 valence electrons. The largest absolute Gasteiger partial charge is 0.399 e. The van der Waals surface area contributed by atoms with E-state index in [1.165, 1.54) is 23.9 Å². The first-order chi connectivity index (χ1) is 10.1. The summed E-state index contributed by atoms with van der Waals surface area (Å²) >= 11 is 1.32. The molecule has 0 bridgehead atoms. The molecule has 3 rings (SSSR count). The lowest BCUT2D eigenvalue weighted by atomic mass is 10.3. The van der Waals surface area contributed by atoms with Gasteiger partial charge in [0.15, 0.2) is 0 Å². The molecule has 0 spiro atoms. The van der Waals surface area contributed by atoms with Gasteiger partial charge in [-0.25, -0.2) is 9.37 Å². The quantitative estimate of drug-likeness (QED) is 0.576. The summed E-state index contributed by atoms with van der Waals surface area (Å²) in [6.45, 7) is 0. The van der Waals surface area contributed by atoms with E-state index in [0.29, 0.717) is 27.5 Å². The normalized spacial score (nSPS) is 10.9. The van der Waals surface area contributed by atoms with E-state index in [0.717, 1.165) is 5.52 Å². The van der Waals surface area contributed by atoms with Crippen molar-refractivity contribution in [2.24, 2.45) is 0 Å². The maximum atomic E-state index is 13.3. The Morgan fingerprint density at radius 2 is 2.05 bits per heavy atom. The third-order valence-electron chi connectivity index (χ3n) is 2.94. The van der Waals surface area contributed by atoms with Gasteiger partial charge in [-0.1, -0.05) is 12.1 Å². The third kappa shape index (κ3) is 3.05. The van der Waals surface area contributed by atoms with E-state index in [9.17, 15) is 9.18 Å². The number of H-pyrrole nitrogens is 1. The highest BCUT2D eigenvalue weighted by atomic mass is 32.2. The Hall–Kier alpha value is -2.34. The van der Waals surface area contributed by atoms with Crippen LogP contribution in [0, 0.1) is 5.82 Å². The molecule has 0 saturated carbocycles. The molecule has 0 fully saturated rings. The van der Waals surface area contributed by atoms with E-state index in [4.69, 9.17) is 5.73 Å². The fourth-order valence-corrected chi connectivity index (χ4v) is 2.90. The Balaban J connectivity index is 1.88. The fraction of sp³-hybridized carbons (Fsp3) is 0.0667. The van der Waals surface area contributed by atoms with Crippen LogP contribution < -0.4 is 11.3 Å². The summed E-state index contributed by atoms with van der Waals surface area (Å²) in [5.41, 5.74) is 7.56. The van der Waals surface area contributed by atoms with E-state index >= 15 is 0 Å². The lowest BCUT2D eigenvalue weighted by molar-refractivity contribution is 0.625. The van der Waals surface area contributed by atoms with Crippen molar-refractivity contribution in [1.82, 2.24) is 9.97 Å². The second-order valence-corrected chi connectivity index (χ2v) is 5.59. The molecule has 0 amide bonds. The predicted molar refractivity (Wildman–Crippen MR) is 82.7 cm³/mol. The number of nitrogens with two attached hydrogens (primary N) is 1. The molecular formula is C15H12FN3OS. The lowest BCUT2D eigenvalue weighted by Gasteiger charge is -2.04. The number of nitrogen functional groups attached to an aromatic ring is 1. The fourth-order valence-electron chi connectivity index (χ4n) is 1.98. The molecule has 0 atom stereocenters. The van der Waals surface area contributed by atoms with Crippen LogP contribution in [0.5, 0.6) is 0 Å². The van der Waals surface area contributed by atoms with Crippen molar-refractivity contribution in [2.75, 3.05) is 5.73 Å². The van der Waals surface area contributed by atoms with E-state index < -0.39 is 5.82 Å². The highest BCUT2D eigenvalue weighted by Crippen LogP contribution is 2.24. The molecule has 2 aromatic carbocycles. The first-order valence-electron chi connectivity index (χ1n) is 6.28. The molecule has 0 aliphatic rings. The summed E-state index contributed by atoms with van der Waals surface area (Å²) in [7, 11) is 0. The van der Waals surface area contributed by atoms with Crippen molar-refractivity contribution in [3.63, 3.8) is 0 Å². The Labute approximate surface area is 124 Å². The summed E-state index contributed by atoms with van der Waals surface area (Å²) in [6.07, 6.45) is 0. The Kier molecular flexibility index (Phi) is 3.62. The number of nitrogens with zero attached hydrogens (tertiary/aromatic N) is 1. The summed E-state index contributed by atoms with van der Waals surface area (Å²) < 4.78 is 13.3. The van der Waals surface area contributed by atoms with Gasteiger partial charge in [-0.3, -0.25) is 4.79 Å². The monoisotopic (exact) mass is 301 g/mol. The molecule has 1 heterocycles. The minimum Gasteiger partial charge on any atom is -0.399 e. The van der Waals surface area contributed by atoms with Gasteiger partial charge in [0, 0.05) is 16.3 Å². The zero-order valence-corrected chi connectivity index (χ0v) is 11.8. The molecule has 6 heteroatoms. The van der Waals surface area contributed by atoms with Crippen LogP contribution >= 0.6 is 11.8 Å². The van der Waals surface area contributed by atoms with Crippen molar-refractivity contribution < 1.29 is 4.39 Å². The summed E-state index contributed by atoms with van der Waals surface area (Å²) in [5, 5.41) is 0. The molecule has 3 N–H and O–H groups in total. The van der Waals surface area contributed by atoms with Gasteiger partial charge in [-0.2, -0.15) is 0 Å². The first kappa shape index (κ1) is 13.6. The number of fused-ring (bicyclic) bond motifs is 1. The van der Waals surface area contributed by atoms with Gasteiger partial charge in [-0.05, 0) is 30.3 Å². The third-order valence-corrected chi connectivity index (χ3v) is 3.93. The van der Waals surface area contributed by atoms with Crippen molar-refractivity contribution in [2.45, 2.75) is 10.6 Å². The number of aromatic amines is 1. The van der Waals surface area contributed by atoms with Crippen LogP contribution in [0.1, 0.15) is 5.69 Å². The maximum Gasteiger partial charge on any atom is 0.271 e. The minimum absolute atomic E-state index is 0.231. The molecule has 1 aromatic heterocycles. The predicted octanol–water partition coefficient (Wildman–Crippen LogP) is 2.94. The number of nitrogens with one attached hydrogen (secondary N) is 1. The molecule has 4 nitrogen and oxygen atoms in total. The van der Waals surface area contributed by atoms with E-state index in [1.807, 2.05) is 18.2 Å². The van der Waals surface area contributed by atoms with Crippen LogP contribution in [-0.4, -0.2) is 9.97 Å². The van der Waals surface area contributed by atoms with Crippen LogP contribution in [0.2, 0.25) is 0 Å². The summed E-state index contributed by atoms with van der Waals surface area (Å²) in [6, 6.07) is 11.6. The van der Waals surface area contributed by atoms with Crippen molar-refractivity contribution in [3.05, 3.63) is 64.3 Å². The Morgan fingerprint density at radius 3 is 2.86 bits per heavy atom. The Bertz CT molecular complexity index is 843. The Morgan fingerprint density at radius 1 is 1.24 bits per heavy atom. The van der Waals surface area contributed by atoms with Crippen LogP contribution in [0.25, 0.3) is 11.0 Å². The van der Waals surface area contributed by atoms with E-state index in [-0.39, 0.29) is 5.56 Å². The van der Waals surface area contributed by atoms with Gasteiger partial charge < -0.3 is 10.7 Å². The van der Waals surface area contributed by atoms with E-state index in [1.54, 1.807) is 12.1 Å². The van der Waals surface area contributed by atoms with Crippen molar-refractivity contribution >= 4 is 28.5 Å². The number of rotatable bonds is 3. The van der Waals surface area contributed by atoms with Crippen LogP contribution in [0.15, 0.2) is 52.2 Å². The van der Waals surface area contributed by atoms with Gasteiger partial charge in [0.05, 0.1) is 11.0 Å². The number of thioether (sulfide) groups is 1. The van der Waals surface area contributed by atoms with Gasteiger partial charge in [-0.15, -0.1) is 11.8 Å². The van der Waals surface area contributed by atoms with Gasteiger partial charge >= 0.3 is 0 Å². The summed E-state index contributed by atoms with van der Waals surface area (Å²) in [4.78, 5) is 19.8. The number of anilines is 1. The van der Waals surface area contributed by atoms with Crippen molar-refractivity contribution in [1.29, 1.82) is 0 Å². The molecule has 0 unspecified atom stereocenters. The van der Waals surface area contributed by atoms with Crippen LogP contribution in [0.3, 0.4) is 0 Å². The smallest absolute Gasteiger partial charge is 0.271 e. The second-order valence-electron chi connectivity index (χ2n) is 4.54. The molecular weight excluding hydrogens is 289 g/mol. The molecule has 21 heavy (non-hydrogen) atoms. The average molecular weight is 301 g/mol. The number of hydrogen-bond acceptors (Lipinski definition) is 4. The standard InChI is InChI=1S/C15H12FN3OS/c16-9-5-10(17)7-11(6-9)21-8-14-15(20)19-13-4-2-1-3-12(13)18-14/h1-7H,8,17H2,(H,19,20). The number of aromatic nitrogens is 2. The van der Waals surface area contributed by atoms with Crippen molar-refractivity contribution in [3.8, 4) is 0 Å². The highest BCUT2D eigenvalue weighted by molar-refractivity contribution is 7.98. The number of halogens is 1. The zero-order valence-electron chi connectivity index (χ0n) is 11.0. The highest BCUT2D eigenvalue weighted by Gasteiger charge is 2.06. The molecule has 3 aromatic rings. The molecule has 0 saturated heterocycles. The second kappa shape index (κ2) is 5.57. The number of hydrogen-bond donors (Lipinski definition) is 2. The minimum atomic E-state index is -0.391. The van der Waals surface area contributed by atoms with Gasteiger partial charge in [0.2, 0.25) is 0 Å². The molecule has 0 radical (unpaired) electrons. The molecule has 0 aliphatic carbocycles. The first-order valence-corrected chi connectivity index (χ1v) is 7.27. The average Bonchev–Trinajstić information content (AvgIpc) is 2.44. The van der Waals surface area contributed by atoms with Crippen LogP contribution in [0.4, 0.5) is 10.1 Å². The van der Waals surface area contributed by atoms with Gasteiger partial charge in [0.25, 0.3) is 5.56 Å². The molecule has 0 aliphatic heterocycles. The SMILES string of the molecule is Nc1cc(F)cc(SCc2nc3ccccc3[nH]c2=O)c1.